The second-order valence-electron chi connectivity index (χ2n) is 14.1. The Balaban J connectivity index is 1.40. The van der Waals surface area contributed by atoms with Crippen LogP contribution in [-0.4, -0.2) is 29.4 Å². The minimum absolute atomic E-state index is 0.237. The summed E-state index contributed by atoms with van der Waals surface area (Å²) in [5.41, 5.74) is 0.667. The SMILES string of the molecule is CC(C)CCC[C@@H](C)[C@H]1CCC2C3C(=O)C[C@H]4C[C@H](NCCCC(=O)O)CC[C@]4(C)C3CC[C@@]21C. The van der Waals surface area contributed by atoms with Crippen LogP contribution < -0.4 is 5.32 Å². The van der Waals surface area contributed by atoms with Gasteiger partial charge in [0.05, 0.1) is 0 Å². The van der Waals surface area contributed by atoms with Crippen molar-refractivity contribution < 1.29 is 14.7 Å². The van der Waals surface area contributed by atoms with Gasteiger partial charge in [0.15, 0.2) is 0 Å². The van der Waals surface area contributed by atoms with E-state index in [0.29, 0.717) is 52.7 Å². The second kappa shape index (κ2) is 10.8. The molecule has 4 aliphatic carbocycles. The van der Waals surface area contributed by atoms with Crippen LogP contribution in [0.5, 0.6) is 0 Å². The van der Waals surface area contributed by atoms with Crippen molar-refractivity contribution in [2.75, 3.05) is 6.54 Å². The van der Waals surface area contributed by atoms with Crippen LogP contribution in [0.1, 0.15) is 118 Å². The van der Waals surface area contributed by atoms with Gasteiger partial charge in [0.25, 0.3) is 0 Å². The smallest absolute Gasteiger partial charge is 0.303 e. The number of nitrogens with one attached hydrogen (secondary N) is 1. The average molecular weight is 488 g/mol. The molecule has 0 aromatic rings. The predicted molar refractivity (Wildman–Crippen MR) is 142 cm³/mol. The molecule has 0 spiro atoms. The lowest BCUT2D eigenvalue weighted by Gasteiger charge is -2.60. The number of carboxylic acid groups (broad SMARTS) is 1. The lowest BCUT2D eigenvalue weighted by atomic mass is 9.44. The minimum Gasteiger partial charge on any atom is -0.481 e. The number of carbonyl (C=O) groups is 2. The molecule has 4 saturated carbocycles. The van der Waals surface area contributed by atoms with E-state index in [9.17, 15) is 9.59 Å². The van der Waals surface area contributed by atoms with Crippen molar-refractivity contribution in [2.45, 2.75) is 124 Å². The standard InChI is InChI=1S/C31H53NO3/c1-20(2)8-6-9-21(3)24-11-12-25-29-26(14-16-31(24,25)5)30(4)15-13-23(18-22(30)19-27(29)33)32-17-7-10-28(34)35/h20-26,29,32H,6-19H2,1-5H3,(H,34,35)/t21-,22-,23-,24-,25?,26?,29?,30+,31-/m1/s1. The lowest BCUT2D eigenvalue weighted by Crippen LogP contribution is -2.58. The van der Waals surface area contributed by atoms with Gasteiger partial charge in [0, 0.05) is 24.8 Å². The fourth-order valence-corrected chi connectivity index (χ4v) is 9.69. The fraction of sp³-hybridized carbons (Fsp3) is 0.935. The summed E-state index contributed by atoms with van der Waals surface area (Å²) in [6, 6.07) is 0.447. The molecule has 0 bridgehead atoms. The number of hydrogen-bond acceptors (Lipinski definition) is 3. The number of rotatable bonds is 10. The largest absolute Gasteiger partial charge is 0.481 e. The summed E-state index contributed by atoms with van der Waals surface area (Å²) in [6.45, 7) is 13.1. The number of Topliss-reactive ketones (excluding diaryl/α,β-unsaturated/α-hetero) is 1. The number of ketones is 1. The topological polar surface area (TPSA) is 66.4 Å². The van der Waals surface area contributed by atoms with Crippen molar-refractivity contribution in [2.24, 2.45) is 52.3 Å². The Morgan fingerprint density at radius 1 is 1.00 bits per heavy atom. The van der Waals surface area contributed by atoms with Gasteiger partial charge in [-0.25, -0.2) is 0 Å². The van der Waals surface area contributed by atoms with Crippen LogP contribution in [0.25, 0.3) is 0 Å². The maximum atomic E-state index is 13.8. The molecule has 0 radical (unpaired) electrons. The monoisotopic (exact) mass is 487 g/mol. The van der Waals surface area contributed by atoms with E-state index in [1.54, 1.807) is 0 Å². The van der Waals surface area contributed by atoms with E-state index in [4.69, 9.17) is 5.11 Å². The van der Waals surface area contributed by atoms with E-state index >= 15 is 0 Å². The number of hydrogen-bond donors (Lipinski definition) is 2. The van der Waals surface area contributed by atoms with E-state index in [0.717, 1.165) is 37.1 Å². The first kappa shape index (κ1) is 27.1. The van der Waals surface area contributed by atoms with Crippen LogP contribution in [0.15, 0.2) is 0 Å². The Morgan fingerprint density at radius 2 is 1.71 bits per heavy atom. The summed E-state index contributed by atoms with van der Waals surface area (Å²) >= 11 is 0. The Labute approximate surface area is 214 Å². The van der Waals surface area contributed by atoms with Crippen molar-refractivity contribution in [3.8, 4) is 0 Å². The van der Waals surface area contributed by atoms with Gasteiger partial charge in [-0.05, 0) is 104 Å². The molecule has 0 aromatic carbocycles. The molecule has 0 heterocycles. The van der Waals surface area contributed by atoms with E-state index < -0.39 is 5.97 Å². The van der Waals surface area contributed by atoms with E-state index in [1.807, 2.05) is 0 Å². The van der Waals surface area contributed by atoms with Crippen molar-refractivity contribution in [1.29, 1.82) is 0 Å². The zero-order valence-corrected chi connectivity index (χ0v) is 23.3. The Morgan fingerprint density at radius 3 is 2.43 bits per heavy atom. The van der Waals surface area contributed by atoms with Gasteiger partial charge in [0.2, 0.25) is 0 Å². The molecule has 4 heteroatoms. The maximum absolute atomic E-state index is 13.8. The van der Waals surface area contributed by atoms with E-state index in [1.165, 1.54) is 57.8 Å². The Bertz CT molecular complexity index is 764. The quantitative estimate of drug-likeness (QED) is 0.322. The van der Waals surface area contributed by atoms with Gasteiger partial charge in [-0.3, -0.25) is 9.59 Å². The molecular weight excluding hydrogens is 434 g/mol. The Hall–Kier alpha value is -0.900. The third-order valence-corrected chi connectivity index (χ3v) is 11.7. The van der Waals surface area contributed by atoms with Gasteiger partial charge in [0.1, 0.15) is 5.78 Å². The molecule has 4 aliphatic rings. The molecule has 0 amide bonds. The first-order valence-electron chi connectivity index (χ1n) is 15.0. The number of aliphatic carboxylic acids is 1. The van der Waals surface area contributed by atoms with Crippen molar-refractivity contribution >= 4 is 11.8 Å². The molecule has 3 unspecified atom stereocenters. The average Bonchev–Trinajstić information content (AvgIpc) is 3.14. The first-order chi connectivity index (χ1) is 16.6. The second-order valence-corrected chi connectivity index (χ2v) is 14.1. The summed E-state index contributed by atoms with van der Waals surface area (Å²) in [5, 5.41) is 12.5. The Kier molecular flexibility index (Phi) is 8.40. The maximum Gasteiger partial charge on any atom is 0.303 e. The zero-order valence-electron chi connectivity index (χ0n) is 23.3. The fourth-order valence-electron chi connectivity index (χ4n) is 9.69. The van der Waals surface area contributed by atoms with Gasteiger partial charge in [-0.2, -0.15) is 0 Å². The van der Waals surface area contributed by atoms with Crippen LogP contribution in [-0.2, 0) is 9.59 Å². The molecule has 2 N–H and O–H groups in total. The highest BCUT2D eigenvalue weighted by Crippen LogP contribution is 2.67. The van der Waals surface area contributed by atoms with Gasteiger partial charge >= 0.3 is 5.97 Å². The summed E-state index contributed by atoms with van der Waals surface area (Å²) in [5.74, 6) is 4.25. The molecule has 4 fully saturated rings. The van der Waals surface area contributed by atoms with Gasteiger partial charge < -0.3 is 10.4 Å². The van der Waals surface area contributed by atoms with Crippen LogP contribution >= 0.6 is 0 Å². The first-order valence-corrected chi connectivity index (χ1v) is 15.0. The normalized spacial score (nSPS) is 41.8. The van der Waals surface area contributed by atoms with Crippen molar-refractivity contribution in [3.05, 3.63) is 0 Å². The number of fused-ring (bicyclic) bond motifs is 5. The molecular formula is C31H53NO3. The molecule has 200 valence electrons. The van der Waals surface area contributed by atoms with Gasteiger partial charge in [-0.15, -0.1) is 0 Å². The summed E-state index contributed by atoms with van der Waals surface area (Å²) in [4.78, 5) is 24.6. The van der Waals surface area contributed by atoms with Crippen LogP contribution in [0.2, 0.25) is 0 Å². The number of carbonyl (C=O) groups excluding carboxylic acids is 1. The van der Waals surface area contributed by atoms with E-state index in [-0.39, 0.29) is 6.42 Å². The number of carboxylic acids is 1. The molecule has 4 nitrogen and oxygen atoms in total. The zero-order chi connectivity index (χ0) is 25.4. The van der Waals surface area contributed by atoms with Crippen LogP contribution in [0, 0.1) is 52.3 Å². The summed E-state index contributed by atoms with van der Waals surface area (Å²) in [7, 11) is 0. The molecule has 9 atom stereocenters. The highest BCUT2D eigenvalue weighted by atomic mass is 16.4. The molecule has 0 aromatic heterocycles. The van der Waals surface area contributed by atoms with E-state index in [2.05, 4.69) is 39.9 Å². The highest BCUT2D eigenvalue weighted by molar-refractivity contribution is 5.83. The summed E-state index contributed by atoms with van der Waals surface area (Å²) < 4.78 is 0. The molecule has 0 aliphatic heterocycles. The molecule has 4 rings (SSSR count). The van der Waals surface area contributed by atoms with Crippen molar-refractivity contribution in [1.82, 2.24) is 5.32 Å². The van der Waals surface area contributed by atoms with Gasteiger partial charge in [-0.1, -0.05) is 53.9 Å². The molecule has 0 saturated heterocycles. The van der Waals surface area contributed by atoms with Crippen molar-refractivity contribution in [3.63, 3.8) is 0 Å². The third kappa shape index (κ3) is 5.39. The summed E-state index contributed by atoms with van der Waals surface area (Å²) in [6.07, 6.45) is 14.4. The minimum atomic E-state index is -0.713. The van der Waals surface area contributed by atoms with Crippen LogP contribution in [0.3, 0.4) is 0 Å². The third-order valence-electron chi connectivity index (χ3n) is 11.7. The molecule has 35 heavy (non-hydrogen) atoms. The lowest BCUT2D eigenvalue weighted by molar-refractivity contribution is -0.157. The predicted octanol–water partition coefficient (Wildman–Crippen LogP) is 7.11. The highest BCUT2D eigenvalue weighted by Gasteiger charge is 2.63. The van der Waals surface area contributed by atoms with Crippen LogP contribution in [0.4, 0.5) is 0 Å².